The van der Waals surface area contributed by atoms with Crippen molar-refractivity contribution in [2.45, 2.75) is 70.6 Å². The van der Waals surface area contributed by atoms with Gasteiger partial charge in [0.05, 0.1) is 11.1 Å². The van der Waals surface area contributed by atoms with Crippen molar-refractivity contribution in [1.29, 1.82) is 0 Å². The van der Waals surface area contributed by atoms with E-state index in [-0.39, 0.29) is 29.7 Å². The lowest BCUT2D eigenvalue weighted by molar-refractivity contribution is -0.179. The van der Waals surface area contributed by atoms with Gasteiger partial charge in [0, 0.05) is 18.5 Å². The maximum atomic E-state index is 16.0. The van der Waals surface area contributed by atoms with Gasteiger partial charge < -0.3 is 9.26 Å². The average Bonchev–Trinajstić information content (AvgIpc) is 3.48. The number of phosphoric ester groups is 1. The summed E-state index contributed by atoms with van der Waals surface area (Å²) in [4.78, 5) is 24.3. The number of ether oxygens (including phenoxy) is 1. The molecule has 2 rings (SSSR count). The monoisotopic (exact) mass is 580 g/mol. The third-order valence-corrected chi connectivity index (χ3v) is 7.87. The van der Waals surface area contributed by atoms with Crippen LogP contribution in [0.15, 0.2) is 47.9 Å². The van der Waals surface area contributed by atoms with Crippen molar-refractivity contribution in [3.8, 4) is 0 Å². The van der Waals surface area contributed by atoms with Gasteiger partial charge in [0.15, 0.2) is 0 Å². The van der Waals surface area contributed by atoms with Gasteiger partial charge in [-0.25, -0.2) is 13.8 Å². The summed E-state index contributed by atoms with van der Waals surface area (Å²) in [7, 11) is -4.37. The minimum absolute atomic E-state index is 0.00337. The standard InChI is InChI=1S/C24H35ClFN2O7PS/c1-4-9-21(20(25)6-3)35-36(31,34-19-10-7-8-11-19)32-16-24(26)15-18(12-14-37)22(33-24)28(13-5-2)23(30)27-17-29/h4-6,9,13,17-19,22,37H,1,7-8,10-12,14-16H2,2-3H3,(H,27,29,30)/b13-5-,20-6+,21-9+/t18?,22?,24-,36?/m0/s1. The zero-order chi connectivity index (χ0) is 27.5. The van der Waals surface area contributed by atoms with E-state index in [0.29, 0.717) is 25.0 Å². The number of rotatable bonds is 14. The molecule has 0 bridgehead atoms. The summed E-state index contributed by atoms with van der Waals surface area (Å²) in [6, 6.07) is -0.786. The van der Waals surface area contributed by atoms with Crippen molar-refractivity contribution in [2.75, 3.05) is 12.4 Å². The molecule has 1 N–H and O–H groups in total. The van der Waals surface area contributed by atoms with Crippen molar-refractivity contribution < 1.29 is 36.9 Å². The lowest BCUT2D eigenvalue weighted by Gasteiger charge is -2.29. The molecule has 13 heteroatoms. The van der Waals surface area contributed by atoms with E-state index in [1.807, 2.05) is 5.32 Å². The Morgan fingerprint density at radius 1 is 1.38 bits per heavy atom. The van der Waals surface area contributed by atoms with Gasteiger partial charge in [0.2, 0.25) is 12.3 Å². The number of nitrogens with one attached hydrogen (secondary N) is 1. The number of amides is 3. The Hall–Kier alpha value is -1.62. The fraction of sp³-hybridized carbons (Fsp3) is 0.583. The van der Waals surface area contributed by atoms with E-state index in [0.717, 1.165) is 17.7 Å². The number of thiol groups is 1. The molecule has 3 unspecified atom stereocenters. The first kappa shape index (κ1) is 31.6. The molecular formula is C24H35ClFN2O7PS. The number of nitrogens with zero attached hydrogens (tertiary/aromatic N) is 1. The first-order valence-corrected chi connectivity index (χ1v) is 14.5. The average molecular weight is 581 g/mol. The second kappa shape index (κ2) is 15.1. The van der Waals surface area contributed by atoms with Crippen molar-refractivity contribution in [1.82, 2.24) is 10.2 Å². The van der Waals surface area contributed by atoms with Gasteiger partial charge >= 0.3 is 13.9 Å². The quantitative estimate of drug-likeness (QED) is 0.0811. The zero-order valence-electron chi connectivity index (χ0n) is 21.0. The molecule has 2 aliphatic rings. The third kappa shape index (κ3) is 9.26. The lowest BCUT2D eigenvalue weighted by Crippen LogP contribution is -2.45. The normalized spacial score (nSPS) is 26.7. The van der Waals surface area contributed by atoms with Crippen LogP contribution >= 0.6 is 32.1 Å². The van der Waals surface area contributed by atoms with E-state index in [1.165, 1.54) is 24.4 Å². The molecule has 1 saturated carbocycles. The molecule has 1 saturated heterocycles. The van der Waals surface area contributed by atoms with Crippen LogP contribution in [-0.2, 0) is 27.7 Å². The molecule has 208 valence electrons. The Kier molecular flexibility index (Phi) is 12.9. The molecule has 0 aromatic rings. The highest BCUT2D eigenvalue weighted by Crippen LogP contribution is 2.56. The smallest absolute Gasteiger partial charge is 0.402 e. The fourth-order valence-corrected chi connectivity index (χ4v) is 6.12. The number of allylic oxidation sites excluding steroid dienone is 5. The van der Waals surface area contributed by atoms with Gasteiger partial charge in [-0.1, -0.05) is 49.2 Å². The molecule has 0 aromatic heterocycles. The van der Waals surface area contributed by atoms with Gasteiger partial charge in [-0.3, -0.25) is 24.1 Å². The summed E-state index contributed by atoms with van der Waals surface area (Å²) in [6.45, 7) is 6.12. The highest BCUT2D eigenvalue weighted by Gasteiger charge is 2.51. The second-order valence-electron chi connectivity index (χ2n) is 8.55. The number of hydrogen-bond donors (Lipinski definition) is 2. The Morgan fingerprint density at radius 2 is 2.08 bits per heavy atom. The van der Waals surface area contributed by atoms with Crippen molar-refractivity contribution in [3.63, 3.8) is 0 Å². The van der Waals surface area contributed by atoms with Crippen LogP contribution in [0.2, 0.25) is 0 Å². The van der Waals surface area contributed by atoms with Crippen LogP contribution in [0.3, 0.4) is 0 Å². The number of imide groups is 1. The number of halogens is 2. The maximum Gasteiger partial charge on any atom is 0.530 e. The first-order valence-electron chi connectivity index (χ1n) is 12.0. The van der Waals surface area contributed by atoms with Gasteiger partial charge in [0.1, 0.15) is 18.6 Å². The summed E-state index contributed by atoms with van der Waals surface area (Å²) in [5.41, 5.74) is 0. The van der Waals surface area contributed by atoms with Gasteiger partial charge in [-0.2, -0.15) is 12.6 Å². The van der Waals surface area contributed by atoms with Crippen LogP contribution in [0.1, 0.15) is 52.4 Å². The largest absolute Gasteiger partial charge is 0.530 e. The Labute approximate surface area is 228 Å². The van der Waals surface area contributed by atoms with Gasteiger partial charge in [-0.05, 0) is 44.9 Å². The molecule has 1 heterocycles. The van der Waals surface area contributed by atoms with Gasteiger partial charge in [0.25, 0.3) is 0 Å². The van der Waals surface area contributed by atoms with Crippen molar-refractivity contribution >= 4 is 44.5 Å². The molecule has 3 amide bonds. The molecular weight excluding hydrogens is 546 g/mol. The molecule has 0 aromatic carbocycles. The van der Waals surface area contributed by atoms with Crippen molar-refractivity contribution in [2.24, 2.45) is 5.92 Å². The third-order valence-electron chi connectivity index (χ3n) is 5.79. The predicted molar refractivity (Wildman–Crippen MR) is 142 cm³/mol. The van der Waals surface area contributed by atoms with Crippen molar-refractivity contribution in [3.05, 3.63) is 47.9 Å². The summed E-state index contributed by atoms with van der Waals surface area (Å²) in [5.74, 6) is -2.55. The summed E-state index contributed by atoms with van der Waals surface area (Å²) in [6.07, 6.45) is 9.33. The predicted octanol–water partition coefficient (Wildman–Crippen LogP) is 6.35. The topological polar surface area (TPSA) is 103 Å². The van der Waals surface area contributed by atoms with E-state index < -0.39 is 38.5 Å². The molecule has 2 fully saturated rings. The molecule has 9 nitrogen and oxygen atoms in total. The fourth-order valence-electron chi connectivity index (χ4n) is 4.15. The molecule has 0 radical (unpaired) electrons. The Morgan fingerprint density at radius 3 is 2.65 bits per heavy atom. The maximum absolute atomic E-state index is 16.0. The lowest BCUT2D eigenvalue weighted by atomic mass is 9.99. The number of alkyl halides is 1. The first-order chi connectivity index (χ1) is 17.6. The zero-order valence-corrected chi connectivity index (χ0v) is 23.6. The molecule has 0 spiro atoms. The molecule has 1 aliphatic carbocycles. The molecule has 1 aliphatic heterocycles. The molecule has 4 atom stereocenters. The number of urea groups is 1. The number of hydrogen-bond acceptors (Lipinski definition) is 8. The molecule has 37 heavy (non-hydrogen) atoms. The van der Waals surface area contributed by atoms with Crippen LogP contribution in [0.25, 0.3) is 0 Å². The van der Waals surface area contributed by atoms with Gasteiger partial charge in [-0.15, -0.1) is 0 Å². The van der Waals surface area contributed by atoms with E-state index in [4.69, 9.17) is 29.9 Å². The Balaban J connectivity index is 2.28. The van der Waals surface area contributed by atoms with Crippen LogP contribution in [-0.4, -0.2) is 47.9 Å². The van der Waals surface area contributed by atoms with Crippen LogP contribution < -0.4 is 5.32 Å². The van der Waals surface area contributed by atoms with E-state index >= 15 is 4.39 Å². The summed E-state index contributed by atoms with van der Waals surface area (Å²) < 4.78 is 52.2. The number of carbonyl (C=O) groups is 2. The number of carbonyl (C=O) groups excluding carboxylic acids is 2. The van der Waals surface area contributed by atoms with E-state index in [9.17, 15) is 14.2 Å². The van der Waals surface area contributed by atoms with Crippen LogP contribution in [0, 0.1) is 5.92 Å². The minimum atomic E-state index is -4.37. The van der Waals surface area contributed by atoms with E-state index in [2.05, 4.69) is 19.2 Å². The highest BCUT2D eigenvalue weighted by molar-refractivity contribution is 7.80. The van der Waals surface area contributed by atoms with Crippen LogP contribution in [0.5, 0.6) is 0 Å². The minimum Gasteiger partial charge on any atom is -0.402 e. The van der Waals surface area contributed by atoms with E-state index in [1.54, 1.807) is 19.9 Å². The summed E-state index contributed by atoms with van der Waals surface area (Å²) >= 11 is 10.4. The SMILES string of the molecule is C=C/C=C(OP(=O)(OC[C@]1(F)CC(CCS)C(N(/C=C\C)C(=O)NC=O)O1)OC1CCCC1)\C(Cl)=C/C. The second-order valence-corrected chi connectivity index (χ2v) is 11.0. The Bertz CT molecular complexity index is 944. The highest BCUT2D eigenvalue weighted by atomic mass is 35.5. The number of phosphoric acid groups is 1. The van der Waals surface area contributed by atoms with Crippen LogP contribution in [0.4, 0.5) is 9.18 Å². The summed E-state index contributed by atoms with van der Waals surface area (Å²) in [5, 5.41) is 2.17.